The largest absolute Gasteiger partial charge is 0.276 e. The van der Waals surface area contributed by atoms with Crippen molar-refractivity contribution < 1.29 is 4.79 Å². The number of hydrogen-bond donors (Lipinski definition) is 1. The number of benzene rings is 1. The van der Waals surface area contributed by atoms with Crippen molar-refractivity contribution in [3.8, 4) is 0 Å². The van der Waals surface area contributed by atoms with Gasteiger partial charge in [0.1, 0.15) is 0 Å². The van der Waals surface area contributed by atoms with E-state index in [-0.39, 0.29) is 11.8 Å². The lowest BCUT2D eigenvalue weighted by Gasteiger charge is -2.28. The molecule has 3 nitrogen and oxygen atoms in total. The molecule has 1 fully saturated rings. The first-order valence-corrected chi connectivity index (χ1v) is 5.37. The molecule has 0 aliphatic heterocycles. The summed E-state index contributed by atoms with van der Waals surface area (Å²) in [6.07, 6.45) is 3.16. The Hall–Kier alpha value is -1.35. The molecular weight excluding hydrogens is 188 g/mol. The Morgan fingerprint density at radius 3 is 2.53 bits per heavy atom. The van der Waals surface area contributed by atoms with Crippen molar-refractivity contribution in [3.63, 3.8) is 0 Å². The second kappa shape index (κ2) is 4.45. The van der Waals surface area contributed by atoms with Gasteiger partial charge in [0.15, 0.2) is 0 Å². The van der Waals surface area contributed by atoms with E-state index in [4.69, 9.17) is 5.84 Å². The van der Waals surface area contributed by atoms with Crippen molar-refractivity contribution in [2.45, 2.75) is 25.8 Å². The molecule has 1 aromatic carbocycles. The van der Waals surface area contributed by atoms with E-state index >= 15 is 0 Å². The lowest BCUT2D eigenvalue weighted by atomic mass is 9.84. The molecule has 15 heavy (non-hydrogen) atoms. The maximum atomic E-state index is 11.7. The van der Waals surface area contributed by atoms with Crippen LogP contribution in [0.2, 0.25) is 0 Å². The van der Waals surface area contributed by atoms with Crippen LogP contribution >= 0.6 is 0 Å². The van der Waals surface area contributed by atoms with Crippen LogP contribution in [0.3, 0.4) is 0 Å². The Morgan fingerprint density at radius 1 is 1.33 bits per heavy atom. The molecule has 0 aromatic heterocycles. The SMILES string of the molecule is NN(Cc1ccccc1)C(=O)C1CCC1. The Kier molecular flexibility index (Phi) is 3.02. The standard InChI is InChI=1S/C12H16N2O/c13-14(12(15)11-7-4-8-11)9-10-5-2-1-3-6-10/h1-3,5-6,11H,4,7-9,13H2. The van der Waals surface area contributed by atoms with Crippen molar-refractivity contribution in [1.82, 2.24) is 5.01 Å². The average Bonchev–Trinajstić information content (AvgIpc) is 2.16. The van der Waals surface area contributed by atoms with Crippen LogP contribution in [0.5, 0.6) is 0 Å². The number of hydrazine groups is 1. The van der Waals surface area contributed by atoms with Crippen LogP contribution in [0.25, 0.3) is 0 Å². The van der Waals surface area contributed by atoms with Crippen molar-refractivity contribution in [3.05, 3.63) is 35.9 Å². The smallest absolute Gasteiger partial charge is 0.239 e. The summed E-state index contributed by atoms with van der Waals surface area (Å²) in [4.78, 5) is 11.7. The average molecular weight is 204 g/mol. The second-order valence-electron chi connectivity index (χ2n) is 4.08. The van der Waals surface area contributed by atoms with Crippen LogP contribution < -0.4 is 5.84 Å². The number of amides is 1. The van der Waals surface area contributed by atoms with Crippen molar-refractivity contribution in [2.24, 2.45) is 11.8 Å². The third-order valence-corrected chi connectivity index (χ3v) is 2.93. The molecule has 1 amide bonds. The highest BCUT2D eigenvalue weighted by Gasteiger charge is 2.28. The van der Waals surface area contributed by atoms with Gasteiger partial charge < -0.3 is 0 Å². The highest BCUT2D eigenvalue weighted by Crippen LogP contribution is 2.27. The third-order valence-electron chi connectivity index (χ3n) is 2.93. The fourth-order valence-electron chi connectivity index (χ4n) is 1.75. The van der Waals surface area contributed by atoms with Crippen LogP contribution in [-0.4, -0.2) is 10.9 Å². The summed E-state index contributed by atoms with van der Waals surface area (Å²) in [6.45, 7) is 0.510. The molecule has 0 radical (unpaired) electrons. The predicted molar refractivity (Wildman–Crippen MR) is 58.5 cm³/mol. The number of nitrogens with two attached hydrogens (primary N) is 1. The molecule has 1 aromatic rings. The Morgan fingerprint density at radius 2 is 2.00 bits per heavy atom. The van der Waals surface area contributed by atoms with Gasteiger partial charge in [-0.05, 0) is 18.4 Å². The molecule has 1 aliphatic rings. The summed E-state index contributed by atoms with van der Waals surface area (Å²) in [5, 5.41) is 1.35. The van der Waals surface area contributed by atoms with E-state index in [1.807, 2.05) is 30.3 Å². The van der Waals surface area contributed by atoms with Crippen LogP contribution in [0, 0.1) is 5.92 Å². The molecule has 1 aliphatic carbocycles. The zero-order valence-electron chi connectivity index (χ0n) is 8.73. The first-order chi connectivity index (χ1) is 7.27. The monoisotopic (exact) mass is 204 g/mol. The van der Waals surface area contributed by atoms with E-state index in [1.54, 1.807) is 0 Å². The molecule has 0 bridgehead atoms. The van der Waals surface area contributed by atoms with E-state index < -0.39 is 0 Å². The minimum absolute atomic E-state index is 0.0881. The molecule has 0 unspecified atom stereocenters. The molecule has 1 saturated carbocycles. The molecule has 80 valence electrons. The van der Waals surface area contributed by atoms with E-state index in [2.05, 4.69) is 0 Å². The number of hydrogen-bond acceptors (Lipinski definition) is 2. The fraction of sp³-hybridized carbons (Fsp3) is 0.417. The normalized spacial score (nSPS) is 15.8. The quantitative estimate of drug-likeness (QED) is 0.462. The number of nitrogens with zero attached hydrogens (tertiary/aromatic N) is 1. The zero-order valence-corrected chi connectivity index (χ0v) is 8.73. The second-order valence-corrected chi connectivity index (χ2v) is 4.08. The minimum atomic E-state index is 0.0881. The van der Waals surface area contributed by atoms with E-state index in [9.17, 15) is 4.79 Å². The van der Waals surface area contributed by atoms with Gasteiger partial charge in [-0.3, -0.25) is 9.80 Å². The Bertz CT molecular complexity index is 333. The maximum Gasteiger partial charge on any atom is 0.239 e. The minimum Gasteiger partial charge on any atom is -0.276 e. The van der Waals surface area contributed by atoms with Gasteiger partial charge >= 0.3 is 0 Å². The first kappa shape index (κ1) is 10.2. The molecule has 0 saturated heterocycles. The predicted octanol–water partition coefficient (Wildman–Crippen LogP) is 1.69. The Balaban J connectivity index is 1.91. The van der Waals surface area contributed by atoms with Crippen LogP contribution in [0.15, 0.2) is 30.3 Å². The molecule has 3 heteroatoms. The van der Waals surface area contributed by atoms with Crippen molar-refractivity contribution >= 4 is 5.91 Å². The van der Waals surface area contributed by atoms with Crippen LogP contribution in [0.1, 0.15) is 24.8 Å². The van der Waals surface area contributed by atoms with Crippen LogP contribution in [-0.2, 0) is 11.3 Å². The summed E-state index contributed by atoms with van der Waals surface area (Å²) >= 11 is 0. The summed E-state index contributed by atoms with van der Waals surface area (Å²) in [6, 6.07) is 9.83. The number of rotatable bonds is 3. The highest BCUT2D eigenvalue weighted by molar-refractivity contribution is 5.78. The molecule has 0 atom stereocenters. The van der Waals surface area contributed by atoms with Gasteiger partial charge in [0, 0.05) is 5.92 Å². The lowest BCUT2D eigenvalue weighted by Crippen LogP contribution is -2.42. The van der Waals surface area contributed by atoms with Gasteiger partial charge in [-0.2, -0.15) is 0 Å². The summed E-state index contributed by atoms with van der Waals surface area (Å²) in [5.74, 6) is 6.01. The zero-order chi connectivity index (χ0) is 10.7. The van der Waals surface area contributed by atoms with Gasteiger partial charge in [-0.1, -0.05) is 36.8 Å². The fourth-order valence-corrected chi connectivity index (χ4v) is 1.75. The Labute approximate surface area is 89.8 Å². The van der Waals surface area contributed by atoms with Crippen molar-refractivity contribution in [1.29, 1.82) is 0 Å². The van der Waals surface area contributed by atoms with Gasteiger partial charge in [-0.15, -0.1) is 0 Å². The van der Waals surface area contributed by atoms with Crippen molar-refractivity contribution in [2.75, 3.05) is 0 Å². The maximum absolute atomic E-state index is 11.7. The van der Waals surface area contributed by atoms with Gasteiger partial charge in [0.25, 0.3) is 0 Å². The number of carbonyl (C=O) groups is 1. The topological polar surface area (TPSA) is 46.3 Å². The van der Waals surface area contributed by atoms with Gasteiger partial charge in [-0.25, -0.2) is 5.84 Å². The van der Waals surface area contributed by atoms with E-state index in [1.165, 1.54) is 5.01 Å². The summed E-state index contributed by atoms with van der Waals surface area (Å²) in [7, 11) is 0. The molecule has 2 N–H and O–H groups in total. The summed E-state index contributed by atoms with van der Waals surface area (Å²) < 4.78 is 0. The molecule has 0 heterocycles. The molecular formula is C12H16N2O. The first-order valence-electron chi connectivity index (χ1n) is 5.37. The number of carbonyl (C=O) groups excluding carboxylic acids is 1. The highest BCUT2D eigenvalue weighted by atomic mass is 16.2. The molecule has 2 rings (SSSR count). The lowest BCUT2D eigenvalue weighted by molar-refractivity contribution is -0.139. The van der Waals surface area contributed by atoms with Crippen LogP contribution in [0.4, 0.5) is 0 Å². The van der Waals surface area contributed by atoms with E-state index in [0.717, 1.165) is 24.8 Å². The van der Waals surface area contributed by atoms with Gasteiger partial charge in [0.2, 0.25) is 5.91 Å². The molecule has 0 spiro atoms. The summed E-state index contributed by atoms with van der Waals surface area (Å²) in [5.41, 5.74) is 1.08. The van der Waals surface area contributed by atoms with Gasteiger partial charge in [0.05, 0.1) is 6.54 Å². The third kappa shape index (κ3) is 2.36. The van der Waals surface area contributed by atoms with E-state index in [0.29, 0.717) is 6.54 Å².